The highest BCUT2D eigenvalue weighted by molar-refractivity contribution is 8.00. The van der Waals surface area contributed by atoms with E-state index in [0.29, 0.717) is 20.8 Å². The van der Waals surface area contributed by atoms with Crippen LogP contribution >= 0.6 is 46.6 Å². The van der Waals surface area contributed by atoms with Crippen molar-refractivity contribution >= 4 is 58.2 Å². The van der Waals surface area contributed by atoms with Gasteiger partial charge in [-0.15, -0.1) is 11.8 Å². The van der Waals surface area contributed by atoms with Crippen molar-refractivity contribution in [2.75, 3.05) is 12.4 Å². The average molecular weight is 391 g/mol. The van der Waals surface area contributed by atoms with Crippen molar-refractivity contribution in [2.45, 2.75) is 17.1 Å². The van der Waals surface area contributed by atoms with Crippen LogP contribution in [-0.4, -0.2) is 18.3 Å². The number of benzene rings is 2. The first-order valence-electron chi connectivity index (χ1n) is 6.67. The van der Waals surface area contributed by atoms with E-state index in [4.69, 9.17) is 39.5 Å². The molecule has 1 amide bonds. The quantitative estimate of drug-likeness (QED) is 0.658. The van der Waals surface area contributed by atoms with E-state index in [-0.39, 0.29) is 11.2 Å². The van der Waals surface area contributed by atoms with Crippen LogP contribution in [0, 0.1) is 0 Å². The number of hydrogen-bond donors (Lipinski definition) is 1. The number of nitrogens with one attached hydrogen (secondary N) is 1. The van der Waals surface area contributed by atoms with Crippen molar-refractivity contribution in [1.82, 2.24) is 0 Å². The van der Waals surface area contributed by atoms with E-state index in [1.807, 2.05) is 31.2 Å². The van der Waals surface area contributed by atoms with Crippen LogP contribution in [0.15, 0.2) is 41.3 Å². The second kappa shape index (κ2) is 8.15. The van der Waals surface area contributed by atoms with Gasteiger partial charge >= 0.3 is 0 Å². The maximum atomic E-state index is 12.3. The largest absolute Gasteiger partial charge is 0.497 e. The van der Waals surface area contributed by atoms with Crippen molar-refractivity contribution in [2.24, 2.45) is 0 Å². The summed E-state index contributed by atoms with van der Waals surface area (Å²) in [6.07, 6.45) is 0. The van der Waals surface area contributed by atoms with Crippen molar-refractivity contribution in [3.05, 3.63) is 51.5 Å². The van der Waals surface area contributed by atoms with Crippen molar-refractivity contribution in [1.29, 1.82) is 0 Å². The molecular weight excluding hydrogens is 377 g/mol. The molecule has 3 nitrogen and oxygen atoms in total. The van der Waals surface area contributed by atoms with Gasteiger partial charge in [0.05, 0.1) is 28.1 Å². The molecule has 23 heavy (non-hydrogen) atoms. The van der Waals surface area contributed by atoms with Gasteiger partial charge in [0.2, 0.25) is 5.91 Å². The van der Waals surface area contributed by atoms with Gasteiger partial charge in [-0.25, -0.2) is 0 Å². The molecule has 0 aliphatic heterocycles. The molecule has 0 aliphatic rings. The Bertz CT molecular complexity index is 684. The number of anilines is 1. The molecule has 0 spiro atoms. The van der Waals surface area contributed by atoms with Crippen LogP contribution in [-0.2, 0) is 4.79 Å². The Kier molecular flexibility index (Phi) is 6.48. The number of hydrogen-bond acceptors (Lipinski definition) is 3. The van der Waals surface area contributed by atoms with Gasteiger partial charge in [-0.05, 0) is 43.3 Å². The van der Waals surface area contributed by atoms with Crippen LogP contribution in [0.1, 0.15) is 6.92 Å². The van der Waals surface area contributed by atoms with E-state index in [2.05, 4.69) is 5.32 Å². The molecule has 7 heteroatoms. The summed E-state index contributed by atoms with van der Waals surface area (Å²) in [6, 6.07) is 10.6. The van der Waals surface area contributed by atoms with Crippen LogP contribution in [0.3, 0.4) is 0 Å². The van der Waals surface area contributed by atoms with Gasteiger partial charge in [-0.3, -0.25) is 4.79 Å². The molecule has 122 valence electrons. The van der Waals surface area contributed by atoms with Crippen LogP contribution in [0.4, 0.5) is 5.69 Å². The van der Waals surface area contributed by atoms with Crippen molar-refractivity contribution in [3.63, 3.8) is 0 Å². The lowest BCUT2D eigenvalue weighted by Crippen LogP contribution is -2.22. The Hall–Kier alpha value is -1.07. The number of rotatable bonds is 5. The normalized spacial score (nSPS) is 11.9. The highest BCUT2D eigenvalue weighted by atomic mass is 35.5. The third kappa shape index (κ3) is 4.95. The van der Waals surface area contributed by atoms with Gasteiger partial charge in [0.15, 0.2) is 0 Å². The van der Waals surface area contributed by atoms with E-state index >= 15 is 0 Å². The zero-order valence-electron chi connectivity index (χ0n) is 12.4. The third-order valence-corrected chi connectivity index (χ3v) is 4.92. The molecule has 0 fully saturated rings. The molecule has 0 radical (unpaired) electrons. The summed E-state index contributed by atoms with van der Waals surface area (Å²) in [7, 11) is 1.61. The molecule has 2 aromatic carbocycles. The molecule has 0 saturated carbocycles. The first kappa shape index (κ1) is 18.3. The fourth-order valence-electron chi connectivity index (χ4n) is 1.80. The summed E-state index contributed by atoms with van der Waals surface area (Å²) in [5.74, 6) is 0.572. The number of methoxy groups -OCH3 is 1. The van der Waals surface area contributed by atoms with Crippen LogP contribution in [0.25, 0.3) is 0 Å². The Morgan fingerprint density at radius 3 is 2.22 bits per heavy atom. The highest BCUT2D eigenvalue weighted by Crippen LogP contribution is 2.34. The van der Waals surface area contributed by atoms with E-state index in [1.54, 1.807) is 7.11 Å². The summed E-state index contributed by atoms with van der Waals surface area (Å²) in [5, 5.41) is 3.44. The van der Waals surface area contributed by atoms with Crippen molar-refractivity contribution in [3.8, 4) is 5.75 Å². The number of halogens is 3. The lowest BCUT2D eigenvalue weighted by molar-refractivity contribution is -0.115. The Labute approximate surface area is 154 Å². The Balaban J connectivity index is 2.05. The minimum absolute atomic E-state index is 0.197. The van der Waals surface area contributed by atoms with Crippen molar-refractivity contribution < 1.29 is 9.53 Å². The smallest absolute Gasteiger partial charge is 0.237 e. The first-order chi connectivity index (χ1) is 10.9. The minimum atomic E-state index is -0.328. The second-order valence-electron chi connectivity index (χ2n) is 4.67. The number of thioether (sulfide) groups is 1. The van der Waals surface area contributed by atoms with E-state index in [0.717, 1.165) is 10.6 Å². The molecule has 1 unspecified atom stereocenters. The topological polar surface area (TPSA) is 38.3 Å². The summed E-state index contributed by atoms with van der Waals surface area (Å²) in [6.45, 7) is 1.81. The van der Waals surface area contributed by atoms with E-state index < -0.39 is 0 Å². The van der Waals surface area contributed by atoms with Crippen LogP contribution < -0.4 is 10.1 Å². The molecule has 0 aromatic heterocycles. The predicted molar refractivity (Wildman–Crippen MR) is 98.4 cm³/mol. The minimum Gasteiger partial charge on any atom is -0.497 e. The van der Waals surface area contributed by atoms with Gasteiger partial charge in [-0.2, -0.15) is 0 Å². The number of amides is 1. The average Bonchev–Trinajstić information content (AvgIpc) is 2.51. The second-order valence-corrected chi connectivity index (χ2v) is 7.33. The lowest BCUT2D eigenvalue weighted by atomic mass is 10.3. The van der Waals surface area contributed by atoms with Crippen LogP contribution in [0.5, 0.6) is 5.75 Å². The number of carbonyl (C=O) groups is 1. The SMILES string of the molecule is COc1ccc(SC(C)C(=O)Nc2c(Cl)cc(Cl)cc2Cl)cc1. The monoisotopic (exact) mass is 389 g/mol. The first-order valence-corrected chi connectivity index (χ1v) is 8.68. The molecule has 0 bridgehead atoms. The lowest BCUT2D eigenvalue weighted by Gasteiger charge is -2.14. The molecule has 0 aliphatic carbocycles. The molecule has 2 aromatic rings. The standard InChI is InChI=1S/C16H14Cl3NO2S/c1-9(23-12-5-3-11(22-2)4-6-12)16(21)20-15-13(18)7-10(17)8-14(15)19/h3-9H,1-2H3,(H,20,21). The fraction of sp³-hybridized carbons (Fsp3) is 0.188. The summed E-state index contributed by atoms with van der Waals surface area (Å²) in [4.78, 5) is 13.3. The van der Waals surface area contributed by atoms with E-state index in [9.17, 15) is 4.79 Å². The molecular formula is C16H14Cl3NO2S. The summed E-state index contributed by atoms with van der Waals surface area (Å²) < 4.78 is 5.11. The molecule has 2 rings (SSSR count). The molecule has 0 saturated heterocycles. The zero-order chi connectivity index (χ0) is 17.0. The maximum absolute atomic E-state index is 12.3. The van der Waals surface area contributed by atoms with Gasteiger partial charge in [0.25, 0.3) is 0 Å². The summed E-state index contributed by atoms with van der Waals surface area (Å²) >= 11 is 19.4. The van der Waals surface area contributed by atoms with Gasteiger partial charge < -0.3 is 10.1 Å². The van der Waals surface area contributed by atoms with Gasteiger partial charge in [-0.1, -0.05) is 34.8 Å². The predicted octanol–water partition coefficient (Wildman–Crippen LogP) is 5.77. The number of ether oxygens (including phenoxy) is 1. The fourth-order valence-corrected chi connectivity index (χ4v) is 3.58. The maximum Gasteiger partial charge on any atom is 0.237 e. The van der Waals surface area contributed by atoms with E-state index in [1.165, 1.54) is 23.9 Å². The van der Waals surface area contributed by atoms with Gasteiger partial charge in [0.1, 0.15) is 5.75 Å². The Morgan fingerprint density at radius 2 is 1.70 bits per heavy atom. The molecule has 0 heterocycles. The third-order valence-electron chi connectivity index (χ3n) is 3.00. The highest BCUT2D eigenvalue weighted by Gasteiger charge is 2.18. The zero-order valence-corrected chi connectivity index (χ0v) is 15.5. The molecule has 1 atom stereocenters. The molecule has 1 N–H and O–H groups in total. The van der Waals surface area contributed by atoms with Crippen LogP contribution in [0.2, 0.25) is 15.1 Å². The summed E-state index contributed by atoms with van der Waals surface area (Å²) in [5.41, 5.74) is 0.366. The van der Waals surface area contributed by atoms with Gasteiger partial charge in [0, 0.05) is 9.92 Å². The number of carbonyl (C=O) groups excluding carboxylic acids is 1. The Morgan fingerprint density at radius 1 is 1.13 bits per heavy atom.